The predicted octanol–water partition coefficient (Wildman–Crippen LogP) is 3.95. The molecule has 40 heavy (non-hydrogen) atoms. The second-order valence-corrected chi connectivity index (χ2v) is 12.8. The van der Waals surface area contributed by atoms with Crippen molar-refractivity contribution in [2.75, 3.05) is 35.0 Å². The Morgan fingerprint density at radius 2 is 1.75 bits per heavy atom. The van der Waals surface area contributed by atoms with Crippen LogP contribution in [0.2, 0.25) is 0 Å². The number of rotatable bonds is 11. The predicted molar refractivity (Wildman–Crippen MR) is 153 cm³/mol. The first-order valence-electron chi connectivity index (χ1n) is 14.2. The van der Waals surface area contributed by atoms with Gasteiger partial charge in [-0.2, -0.15) is 0 Å². The van der Waals surface area contributed by atoms with Gasteiger partial charge in [0.25, 0.3) is 5.91 Å². The van der Waals surface area contributed by atoms with Gasteiger partial charge in [0.05, 0.1) is 23.6 Å². The molecular formula is C29H40F2N4O4S. The monoisotopic (exact) mass is 578 g/mol. The number of carbonyl (C=O) groups excluding carboxylic acids is 1. The summed E-state index contributed by atoms with van der Waals surface area (Å²) < 4.78 is 54.7. The van der Waals surface area contributed by atoms with E-state index in [-0.39, 0.29) is 30.3 Å². The fraction of sp³-hybridized carbons (Fsp3) is 0.552. The van der Waals surface area contributed by atoms with E-state index in [1.807, 2.05) is 6.92 Å². The molecule has 1 saturated carbocycles. The first kappa shape index (κ1) is 30.2. The molecule has 0 unspecified atom stereocenters. The van der Waals surface area contributed by atoms with Crippen LogP contribution in [-0.2, 0) is 16.4 Å². The first-order chi connectivity index (χ1) is 19.1. The van der Waals surface area contributed by atoms with Crippen LogP contribution in [0.3, 0.4) is 0 Å². The van der Waals surface area contributed by atoms with E-state index in [1.165, 1.54) is 28.9 Å². The molecule has 0 radical (unpaired) electrons. The molecule has 2 aromatic rings. The van der Waals surface area contributed by atoms with Crippen molar-refractivity contribution in [2.45, 2.75) is 76.5 Å². The summed E-state index contributed by atoms with van der Waals surface area (Å²) in [6.45, 7) is 3.00. The molecule has 4 N–H and O–H groups in total. The number of carbonyl (C=O) groups is 1. The van der Waals surface area contributed by atoms with Crippen molar-refractivity contribution in [3.63, 3.8) is 0 Å². The summed E-state index contributed by atoms with van der Waals surface area (Å²) in [7, 11) is -3.50. The molecule has 1 aliphatic heterocycles. The van der Waals surface area contributed by atoms with Gasteiger partial charge in [-0.25, -0.2) is 17.2 Å². The normalized spacial score (nSPS) is 19.1. The van der Waals surface area contributed by atoms with Gasteiger partial charge in [0.2, 0.25) is 10.0 Å². The Labute approximate surface area is 235 Å². The van der Waals surface area contributed by atoms with Crippen molar-refractivity contribution in [2.24, 2.45) is 0 Å². The second kappa shape index (κ2) is 13.7. The largest absolute Gasteiger partial charge is 0.390 e. The Bertz CT molecular complexity index is 1250. The van der Waals surface area contributed by atoms with Crippen LogP contribution in [0.15, 0.2) is 36.4 Å². The van der Waals surface area contributed by atoms with E-state index in [0.29, 0.717) is 36.4 Å². The van der Waals surface area contributed by atoms with E-state index >= 15 is 0 Å². The van der Waals surface area contributed by atoms with Crippen LogP contribution < -0.4 is 20.3 Å². The minimum Gasteiger partial charge on any atom is -0.390 e. The van der Waals surface area contributed by atoms with Crippen LogP contribution in [0.5, 0.6) is 0 Å². The number of benzene rings is 2. The maximum atomic E-state index is 13.9. The average molecular weight is 579 g/mol. The average Bonchev–Trinajstić information content (AvgIpc) is 2.91. The molecule has 2 aliphatic rings. The van der Waals surface area contributed by atoms with Gasteiger partial charge in [0.15, 0.2) is 0 Å². The van der Waals surface area contributed by atoms with E-state index < -0.39 is 39.7 Å². The lowest BCUT2D eigenvalue weighted by molar-refractivity contribution is 0.0821. The van der Waals surface area contributed by atoms with E-state index in [2.05, 4.69) is 16.0 Å². The lowest BCUT2D eigenvalue weighted by Gasteiger charge is -2.30. The molecule has 8 nitrogen and oxygen atoms in total. The molecule has 2 atom stereocenters. The summed E-state index contributed by atoms with van der Waals surface area (Å²) in [6.07, 6.45) is 5.74. The number of sulfonamides is 1. The number of hydrogen-bond acceptors (Lipinski definition) is 6. The summed E-state index contributed by atoms with van der Waals surface area (Å²) in [5, 5.41) is 20.5. The molecule has 1 amide bonds. The van der Waals surface area contributed by atoms with Crippen molar-refractivity contribution < 1.29 is 27.1 Å². The third-order valence-corrected chi connectivity index (χ3v) is 9.45. The number of aliphatic hydroxyl groups excluding tert-OH is 1. The number of nitrogens with zero attached hydrogens (tertiary/aromatic N) is 1. The first-order valence-corrected chi connectivity index (χ1v) is 15.8. The molecule has 1 saturated heterocycles. The summed E-state index contributed by atoms with van der Waals surface area (Å²) >= 11 is 0. The number of hydrogen-bond donors (Lipinski definition) is 4. The Morgan fingerprint density at radius 3 is 2.42 bits per heavy atom. The SMILES string of the molecule is CCNc1cc(C(=O)N[C@@H](Cc2cc(F)cc(F)c2)[C@H](O)CNC2CCCCC2)cc(N2CCCCS2(=O)=O)c1. The molecular weight excluding hydrogens is 538 g/mol. The lowest BCUT2D eigenvalue weighted by atomic mass is 9.94. The third kappa shape index (κ3) is 8.14. The fourth-order valence-corrected chi connectivity index (χ4v) is 7.15. The molecule has 4 rings (SSSR count). The van der Waals surface area contributed by atoms with Crippen LogP contribution in [-0.4, -0.2) is 63.0 Å². The maximum absolute atomic E-state index is 13.9. The van der Waals surface area contributed by atoms with Crippen molar-refractivity contribution in [3.05, 3.63) is 59.2 Å². The number of halogens is 2. The molecule has 0 aromatic heterocycles. The molecule has 220 valence electrons. The Kier molecular flexibility index (Phi) is 10.4. The third-order valence-electron chi connectivity index (χ3n) is 7.58. The number of nitrogens with one attached hydrogen (secondary N) is 3. The smallest absolute Gasteiger partial charge is 0.251 e. The number of anilines is 2. The van der Waals surface area contributed by atoms with Gasteiger partial charge >= 0.3 is 0 Å². The topological polar surface area (TPSA) is 111 Å². The highest BCUT2D eigenvalue weighted by atomic mass is 32.2. The van der Waals surface area contributed by atoms with Crippen molar-refractivity contribution in [1.82, 2.24) is 10.6 Å². The van der Waals surface area contributed by atoms with Gasteiger partial charge in [0, 0.05) is 43.0 Å². The highest BCUT2D eigenvalue weighted by molar-refractivity contribution is 7.92. The minimum atomic E-state index is -3.50. The van der Waals surface area contributed by atoms with Crippen LogP contribution >= 0.6 is 0 Å². The summed E-state index contributed by atoms with van der Waals surface area (Å²) in [4.78, 5) is 13.6. The minimum absolute atomic E-state index is 0.00813. The number of aliphatic hydroxyl groups is 1. The highest BCUT2D eigenvalue weighted by Crippen LogP contribution is 2.28. The standard InChI is InChI=1S/C29H40F2N4O4S/c1-2-32-25-15-21(16-26(18-25)35-10-6-7-11-40(35,38)39)29(37)34-27(14-20-12-22(30)17-23(31)13-20)28(36)19-33-24-8-4-3-5-9-24/h12-13,15-18,24,27-28,32-33,36H,2-11,14,19H2,1H3,(H,34,37)/t27-,28+/m0/s1. The maximum Gasteiger partial charge on any atom is 0.251 e. The fourth-order valence-electron chi connectivity index (χ4n) is 5.53. The van der Waals surface area contributed by atoms with E-state index in [4.69, 9.17) is 0 Å². The molecule has 1 heterocycles. The van der Waals surface area contributed by atoms with Crippen molar-refractivity contribution >= 4 is 27.3 Å². The zero-order valence-corrected chi connectivity index (χ0v) is 23.8. The van der Waals surface area contributed by atoms with Crippen LogP contribution in [0.1, 0.15) is 67.8 Å². The van der Waals surface area contributed by atoms with Crippen LogP contribution in [0.4, 0.5) is 20.2 Å². The van der Waals surface area contributed by atoms with Crippen LogP contribution in [0.25, 0.3) is 0 Å². The summed E-state index contributed by atoms with van der Waals surface area (Å²) in [5.74, 6) is -1.94. The Hall–Kier alpha value is -2.76. The van der Waals surface area contributed by atoms with Gasteiger partial charge in [0.1, 0.15) is 11.6 Å². The summed E-state index contributed by atoms with van der Waals surface area (Å²) in [6, 6.07) is 7.45. The van der Waals surface area contributed by atoms with Crippen molar-refractivity contribution in [3.8, 4) is 0 Å². The van der Waals surface area contributed by atoms with Gasteiger partial charge in [-0.3, -0.25) is 9.10 Å². The van der Waals surface area contributed by atoms with Crippen molar-refractivity contribution in [1.29, 1.82) is 0 Å². The quantitative estimate of drug-likeness (QED) is 0.322. The van der Waals surface area contributed by atoms with E-state index in [0.717, 1.165) is 38.2 Å². The van der Waals surface area contributed by atoms with Gasteiger partial charge in [-0.15, -0.1) is 0 Å². The van der Waals surface area contributed by atoms with E-state index in [1.54, 1.807) is 12.1 Å². The molecule has 1 aliphatic carbocycles. The van der Waals surface area contributed by atoms with E-state index in [9.17, 15) is 27.1 Å². The zero-order valence-electron chi connectivity index (χ0n) is 23.0. The summed E-state index contributed by atoms with van der Waals surface area (Å²) in [5.41, 5.74) is 1.51. The highest BCUT2D eigenvalue weighted by Gasteiger charge is 2.28. The van der Waals surface area contributed by atoms with Gasteiger partial charge < -0.3 is 21.1 Å². The number of amides is 1. The Morgan fingerprint density at radius 1 is 1.02 bits per heavy atom. The second-order valence-electron chi connectivity index (χ2n) is 10.8. The molecule has 0 spiro atoms. The van der Waals surface area contributed by atoms with Gasteiger partial charge in [-0.05, 0) is 74.9 Å². The molecule has 11 heteroatoms. The molecule has 2 aromatic carbocycles. The Balaban J connectivity index is 1.58. The zero-order chi connectivity index (χ0) is 28.7. The molecule has 0 bridgehead atoms. The van der Waals surface area contributed by atoms with Gasteiger partial charge in [-0.1, -0.05) is 19.3 Å². The molecule has 2 fully saturated rings. The van der Waals surface area contributed by atoms with Crippen LogP contribution in [0, 0.1) is 11.6 Å². The lowest BCUT2D eigenvalue weighted by Crippen LogP contribution is -2.50.